The molecule has 0 atom stereocenters. The molecule has 0 aliphatic carbocycles. The Morgan fingerprint density at radius 3 is 2.31 bits per heavy atom. The first-order valence-corrected chi connectivity index (χ1v) is 9.37. The van der Waals surface area contributed by atoms with Crippen LogP contribution >= 0.6 is 0 Å². The fraction of sp³-hybridized carbons (Fsp3) is 0.286. The molecular formula is C21H24N6O2. The van der Waals surface area contributed by atoms with Gasteiger partial charge in [-0.3, -0.25) is 4.79 Å². The Morgan fingerprint density at radius 2 is 1.69 bits per heavy atom. The summed E-state index contributed by atoms with van der Waals surface area (Å²) in [5.74, 6) is -0.743. The van der Waals surface area contributed by atoms with E-state index in [9.17, 15) is 4.79 Å². The van der Waals surface area contributed by atoms with E-state index in [0.29, 0.717) is 19.5 Å². The number of nitrogens with zero attached hydrogens (tertiary/aromatic N) is 6. The molecule has 1 N–H and O–H groups in total. The first kappa shape index (κ1) is 21.7. The third-order valence-corrected chi connectivity index (χ3v) is 4.01. The van der Waals surface area contributed by atoms with Crippen LogP contribution in [-0.4, -0.2) is 26.1 Å². The standard InChI is InChI=1S/C14H17N3O2.C7H7N3/c18-14(19)9-5-4-8-13-11-17(16-15-13)10-12-6-2-1-3-7-12;8-10-9-6-7-4-2-1-3-5-7/h1-3,6-7,11H,4-5,8-10H2,(H,18,19);1-5H,6H2. The summed E-state index contributed by atoms with van der Waals surface area (Å²) >= 11 is 0. The number of hydrogen-bond donors (Lipinski definition) is 1. The molecule has 3 rings (SSSR count). The number of unbranched alkanes of at least 4 members (excludes halogenated alkanes) is 1. The van der Waals surface area contributed by atoms with Crippen LogP contribution in [0, 0.1) is 0 Å². The zero-order chi connectivity index (χ0) is 20.7. The second-order valence-electron chi connectivity index (χ2n) is 6.37. The second kappa shape index (κ2) is 12.7. The molecule has 150 valence electrons. The lowest BCUT2D eigenvalue weighted by Crippen LogP contribution is -1.99. The zero-order valence-electron chi connectivity index (χ0n) is 16.1. The molecule has 0 spiro atoms. The van der Waals surface area contributed by atoms with E-state index in [2.05, 4.69) is 20.3 Å². The minimum absolute atomic E-state index is 0.220. The first-order chi connectivity index (χ1) is 14.2. The van der Waals surface area contributed by atoms with Crippen LogP contribution in [0.3, 0.4) is 0 Å². The van der Waals surface area contributed by atoms with Crippen LogP contribution in [0.2, 0.25) is 0 Å². The topological polar surface area (TPSA) is 117 Å². The summed E-state index contributed by atoms with van der Waals surface area (Å²) in [5.41, 5.74) is 11.1. The van der Waals surface area contributed by atoms with Crippen molar-refractivity contribution in [1.29, 1.82) is 0 Å². The van der Waals surface area contributed by atoms with Gasteiger partial charge in [0.05, 0.1) is 18.8 Å². The van der Waals surface area contributed by atoms with Gasteiger partial charge in [0.25, 0.3) is 0 Å². The van der Waals surface area contributed by atoms with Crippen LogP contribution in [0.1, 0.15) is 36.1 Å². The van der Waals surface area contributed by atoms with Crippen LogP contribution in [0.5, 0.6) is 0 Å². The summed E-state index contributed by atoms with van der Waals surface area (Å²) in [6.45, 7) is 1.15. The Balaban J connectivity index is 0.000000253. The van der Waals surface area contributed by atoms with E-state index in [4.69, 9.17) is 10.6 Å². The normalized spacial score (nSPS) is 9.79. The number of carboxylic acids is 1. The molecule has 3 aromatic rings. The fourth-order valence-corrected chi connectivity index (χ4v) is 2.58. The molecule has 0 saturated carbocycles. The molecule has 1 heterocycles. The van der Waals surface area contributed by atoms with E-state index in [-0.39, 0.29) is 6.42 Å². The van der Waals surface area contributed by atoms with Gasteiger partial charge in [0, 0.05) is 17.5 Å². The van der Waals surface area contributed by atoms with Gasteiger partial charge >= 0.3 is 5.97 Å². The molecule has 8 nitrogen and oxygen atoms in total. The summed E-state index contributed by atoms with van der Waals surface area (Å²) in [6.07, 6.45) is 4.44. The maximum absolute atomic E-state index is 10.4. The van der Waals surface area contributed by atoms with Crippen molar-refractivity contribution in [2.75, 3.05) is 0 Å². The third kappa shape index (κ3) is 9.21. The summed E-state index contributed by atoms with van der Waals surface area (Å²) in [6, 6.07) is 19.7. The highest BCUT2D eigenvalue weighted by molar-refractivity contribution is 5.66. The molecule has 0 aliphatic heterocycles. The molecule has 2 aromatic carbocycles. The van der Waals surface area contributed by atoms with Crippen LogP contribution in [0.25, 0.3) is 10.4 Å². The lowest BCUT2D eigenvalue weighted by atomic mass is 10.1. The Labute approximate surface area is 169 Å². The van der Waals surface area contributed by atoms with Gasteiger partial charge in [0.2, 0.25) is 0 Å². The number of carbonyl (C=O) groups is 1. The lowest BCUT2D eigenvalue weighted by molar-refractivity contribution is -0.137. The van der Waals surface area contributed by atoms with E-state index in [0.717, 1.165) is 24.1 Å². The van der Waals surface area contributed by atoms with Crippen LogP contribution in [0.4, 0.5) is 0 Å². The molecule has 1 aromatic heterocycles. The summed E-state index contributed by atoms with van der Waals surface area (Å²) in [7, 11) is 0. The van der Waals surface area contributed by atoms with Gasteiger partial charge in [0.1, 0.15) is 0 Å². The maximum Gasteiger partial charge on any atom is 0.303 e. The third-order valence-electron chi connectivity index (χ3n) is 4.01. The summed E-state index contributed by atoms with van der Waals surface area (Å²) in [4.78, 5) is 13.0. The van der Waals surface area contributed by atoms with Crippen molar-refractivity contribution in [3.63, 3.8) is 0 Å². The Kier molecular flexibility index (Phi) is 9.48. The largest absolute Gasteiger partial charge is 0.481 e. The maximum atomic E-state index is 10.4. The second-order valence-corrected chi connectivity index (χ2v) is 6.37. The van der Waals surface area contributed by atoms with Gasteiger partial charge in [-0.2, -0.15) is 0 Å². The van der Waals surface area contributed by atoms with Gasteiger partial charge in [-0.05, 0) is 35.9 Å². The summed E-state index contributed by atoms with van der Waals surface area (Å²) in [5, 5.41) is 20.1. The van der Waals surface area contributed by atoms with Crippen molar-refractivity contribution in [3.05, 3.63) is 94.1 Å². The average molecular weight is 392 g/mol. The molecule has 0 unspecified atom stereocenters. The number of benzene rings is 2. The van der Waals surface area contributed by atoms with Crippen molar-refractivity contribution < 1.29 is 9.90 Å². The number of carboxylic acid groups (broad SMARTS) is 1. The molecule has 0 fully saturated rings. The van der Waals surface area contributed by atoms with Crippen LogP contribution in [0.15, 0.2) is 72.0 Å². The number of hydrogen-bond acceptors (Lipinski definition) is 4. The number of aryl methyl sites for hydroxylation is 1. The Hall–Kier alpha value is -3.64. The van der Waals surface area contributed by atoms with Gasteiger partial charge in [-0.15, -0.1) is 5.10 Å². The Bertz CT molecular complexity index is 905. The van der Waals surface area contributed by atoms with Crippen molar-refractivity contribution in [1.82, 2.24) is 15.0 Å². The average Bonchev–Trinajstić information content (AvgIpc) is 3.19. The van der Waals surface area contributed by atoms with Crippen LogP contribution < -0.4 is 0 Å². The highest BCUT2D eigenvalue weighted by atomic mass is 16.4. The van der Waals surface area contributed by atoms with Crippen molar-refractivity contribution in [2.24, 2.45) is 5.11 Å². The fourth-order valence-electron chi connectivity index (χ4n) is 2.58. The predicted molar refractivity (Wildman–Crippen MR) is 110 cm³/mol. The van der Waals surface area contributed by atoms with Gasteiger partial charge in [-0.25, -0.2) is 4.68 Å². The van der Waals surface area contributed by atoms with E-state index >= 15 is 0 Å². The Morgan fingerprint density at radius 1 is 1.03 bits per heavy atom. The van der Waals surface area contributed by atoms with Gasteiger partial charge in [-0.1, -0.05) is 71.0 Å². The number of aliphatic carboxylic acids is 1. The highest BCUT2D eigenvalue weighted by Crippen LogP contribution is 2.06. The van der Waals surface area contributed by atoms with E-state index in [1.165, 1.54) is 5.56 Å². The predicted octanol–water partition coefficient (Wildman–Crippen LogP) is 4.62. The van der Waals surface area contributed by atoms with Crippen molar-refractivity contribution >= 4 is 5.97 Å². The monoisotopic (exact) mass is 392 g/mol. The van der Waals surface area contributed by atoms with E-state index < -0.39 is 5.97 Å². The first-order valence-electron chi connectivity index (χ1n) is 9.37. The molecule has 0 amide bonds. The molecular weight excluding hydrogens is 368 g/mol. The van der Waals surface area contributed by atoms with Gasteiger partial charge < -0.3 is 5.11 Å². The summed E-state index contributed by atoms with van der Waals surface area (Å²) < 4.78 is 1.81. The SMILES string of the molecule is O=C(O)CCCCc1cn(Cc2ccccc2)nn1.[N-]=[N+]=NCc1ccccc1. The molecule has 0 bridgehead atoms. The zero-order valence-corrected chi connectivity index (χ0v) is 16.1. The van der Waals surface area contributed by atoms with E-state index in [1.807, 2.05) is 71.5 Å². The molecule has 8 heteroatoms. The minimum Gasteiger partial charge on any atom is -0.481 e. The molecule has 0 radical (unpaired) electrons. The number of aromatic nitrogens is 3. The number of azide groups is 1. The molecule has 0 aliphatic rings. The van der Waals surface area contributed by atoms with Crippen molar-refractivity contribution in [3.8, 4) is 0 Å². The molecule has 29 heavy (non-hydrogen) atoms. The number of rotatable bonds is 9. The van der Waals surface area contributed by atoms with Crippen LogP contribution in [-0.2, 0) is 24.3 Å². The lowest BCUT2D eigenvalue weighted by Gasteiger charge is -1.99. The smallest absolute Gasteiger partial charge is 0.303 e. The van der Waals surface area contributed by atoms with E-state index in [1.54, 1.807) is 0 Å². The minimum atomic E-state index is -0.743. The quantitative estimate of drug-likeness (QED) is 0.247. The van der Waals surface area contributed by atoms with Crippen molar-refractivity contribution in [2.45, 2.75) is 38.8 Å². The highest BCUT2D eigenvalue weighted by Gasteiger charge is 2.03. The van der Waals surface area contributed by atoms with Gasteiger partial charge in [0.15, 0.2) is 0 Å². The molecule has 0 saturated heterocycles.